The van der Waals surface area contributed by atoms with Crippen molar-refractivity contribution in [2.45, 2.75) is 0 Å². The van der Waals surface area contributed by atoms with Crippen LogP contribution in [-0.4, -0.2) is 22.4 Å². The summed E-state index contributed by atoms with van der Waals surface area (Å²) in [6.07, 6.45) is 3.89. The van der Waals surface area contributed by atoms with E-state index in [4.69, 9.17) is 4.74 Å². The Labute approximate surface area is 164 Å². The van der Waals surface area contributed by atoms with Gasteiger partial charge in [-0.15, -0.1) is 0 Å². The number of pyridine rings is 1. The minimum atomic E-state index is -0.225. The third-order valence-corrected chi connectivity index (χ3v) is 4.92. The van der Waals surface area contributed by atoms with Crippen LogP contribution in [0.4, 0.5) is 5.69 Å². The molecule has 0 bridgehead atoms. The molecular formula is C21H16BrN3O2. The normalized spacial score (nSPS) is 10.7. The number of ether oxygens (including phenoxy) is 1. The van der Waals surface area contributed by atoms with Crippen molar-refractivity contribution in [2.24, 2.45) is 0 Å². The lowest BCUT2D eigenvalue weighted by atomic mass is 10.1. The molecule has 2 heterocycles. The van der Waals surface area contributed by atoms with Crippen molar-refractivity contribution in [1.29, 1.82) is 0 Å². The average molecular weight is 422 g/mol. The van der Waals surface area contributed by atoms with Gasteiger partial charge in [0, 0.05) is 22.4 Å². The van der Waals surface area contributed by atoms with Crippen molar-refractivity contribution < 1.29 is 9.53 Å². The number of methoxy groups -OCH3 is 1. The monoisotopic (exact) mass is 421 g/mol. The van der Waals surface area contributed by atoms with E-state index in [2.05, 4.69) is 26.2 Å². The molecule has 27 heavy (non-hydrogen) atoms. The molecule has 1 amide bonds. The van der Waals surface area contributed by atoms with E-state index >= 15 is 0 Å². The number of hydrogen-bond acceptors (Lipinski definition) is 3. The average Bonchev–Trinajstić information content (AvgIpc) is 3.12. The molecule has 1 N–H and O–H groups in total. The van der Waals surface area contributed by atoms with Gasteiger partial charge in [0.05, 0.1) is 24.1 Å². The summed E-state index contributed by atoms with van der Waals surface area (Å²) in [6, 6.07) is 18.8. The molecule has 134 valence electrons. The van der Waals surface area contributed by atoms with Gasteiger partial charge in [-0.05, 0) is 52.3 Å². The standard InChI is InChI=1S/C21H16BrN3O2/c1-27-14-9-10-17(22)16(12-14)21(26)24-18-7-3-2-6-15(18)19-13-25-11-5-4-8-20(25)23-19/h2-13H,1H3,(H,24,26). The first kappa shape index (κ1) is 17.3. The van der Waals surface area contributed by atoms with Gasteiger partial charge >= 0.3 is 0 Å². The Hall–Kier alpha value is -3.12. The summed E-state index contributed by atoms with van der Waals surface area (Å²) in [7, 11) is 1.57. The first-order valence-electron chi connectivity index (χ1n) is 8.34. The number of hydrogen-bond donors (Lipinski definition) is 1. The summed E-state index contributed by atoms with van der Waals surface area (Å²) in [5.74, 6) is 0.397. The minimum absolute atomic E-state index is 0.225. The summed E-state index contributed by atoms with van der Waals surface area (Å²) < 4.78 is 7.87. The van der Waals surface area contributed by atoms with E-state index in [9.17, 15) is 4.79 Å². The molecule has 4 aromatic rings. The predicted octanol–water partition coefficient (Wildman–Crippen LogP) is 5.02. The Bertz CT molecular complexity index is 1100. The fourth-order valence-electron chi connectivity index (χ4n) is 2.87. The number of carbonyl (C=O) groups excluding carboxylic acids is 1. The number of carbonyl (C=O) groups is 1. The molecule has 2 aromatic carbocycles. The van der Waals surface area contributed by atoms with Gasteiger partial charge in [-0.3, -0.25) is 4.79 Å². The SMILES string of the molecule is COc1ccc(Br)c(C(=O)Nc2ccccc2-c2cn3ccccc3n2)c1. The number of aromatic nitrogens is 2. The maximum absolute atomic E-state index is 12.8. The summed E-state index contributed by atoms with van der Waals surface area (Å²) in [5, 5.41) is 2.99. The highest BCUT2D eigenvalue weighted by atomic mass is 79.9. The zero-order valence-corrected chi connectivity index (χ0v) is 16.1. The molecular weight excluding hydrogens is 406 g/mol. The van der Waals surface area contributed by atoms with Crippen LogP contribution in [0.25, 0.3) is 16.9 Å². The second-order valence-corrected chi connectivity index (χ2v) is 6.79. The first-order chi connectivity index (χ1) is 13.2. The maximum atomic E-state index is 12.8. The quantitative estimate of drug-likeness (QED) is 0.502. The van der Waals surface area contributed by atoms with Crippen LogP contribution >= 0.6 is 15.9 Å². The maximum Gasteiger partial charge on any atom is 0.256 e. The van der Waals surface area contributed by atoms with Crippen molar-refractivity contribution in [3.8, 4) is 17.0 Å². The van der Waals surface area contributed by atoms with Crippen molar-refractivity contribution in [2.75, 3.05) is 12.4 Å². The van der Waals surface area contributed by atoms with Gasteiger partial charge in [0.15, 0.2) is 0 Å². The Kier molecular flexibility index (Phi) is 4.64. The van der Waals surface area contributed by atoms with Crippen molar-refractivity contribution >= 4 is 33.2 Å². The number of amides is 1. The van der Waals surface area contributed by atoms with Crippen LogP contribution < -0.4 is 10.1 Å². The molecule has 6 heteroatoms. The van der Waals surface area contributed by atoms with Crippen LogP contribution in [0.5, 0.6) is 5.75 Å². The Morgan fingerprint density at radius 1 is 1.11 bits per heavy atom. The lowest BCUT2D eigenvalue weighted by Crippen LogP contribution is -2.13. The van der Waals surface area contributed by atoms with E-state index < -0.39 is 0 Å². The fourth-order valence-corrected chi connectivity index (χ4v) is 3.30. The fraction of sp³-hybridized carbons (Fsp3) is 0.0476. The topological polar surface area (TPSA) is 55.6 Å². The molecule has 0 fully saturated rings. The number of halogens is 1. The van der Waals surface area contributed by atoms with Crippen LogP contribution in [0.2, 0.25) is 0 Å². The zero-order chi connectivity index (χ0) is 18.8. The van der Waals surface area contributed by atoms with E-state index in [-0.39, 0.29) is 5.91 Å². The third-order valence-electron chi connectivity index (χ3n) is 4.23. The molecule has 0 spiro atoms. The summed E-state index contributed by atoms with van der Waals surface area (Å²) in [6.45, 7) is 0. The van der Waals surface area contributed by atoms with Crippen LogP contribution in [0.3, 0.4) is 0 Å². The predicted molar refractivity (Wildman–Crippen MR) is 109 cm³/mol. The van der Waals surface area contributed by atoms with E-state index in [0.29, 0.717) is 21.5 Å². The molecule has 0 saturated carbocycles. The number of nitrogens with one attached hydrogen (secondary N) is 1. The number of rotatable bonds is 4. The number of imidazole rings is 1. The first-order valence-corrected chi connectivity index (χ1v) is 9.13. The second kappa shape index (κ2) is 7.25. The van der Waals surface area contributed by atoms with E-state index in [1.165, 1.54) is 0 Å². The summed E-state index contributed by atoms with van der Waals surface area (Å²) in [4.78, 5) is 17.5. The van der Waals surface area contributed by atoms with Gasteiger partial charge in [-0.2, -0.15) is 0 Å². The highest BCUT2D eigenvalue weighted by molar-refractivity contribution is 9.10. The highest BCUT2D eigenvalue weighted by Crippen LogP contribution is 2.29. The van der Waals surface area contributed by atoms with Crippen LogP contribution in [0.1, 0.15) is 10.4 Å². The van der Waals surface area contributed by atoms with Crippen LogP contribution in [-0.2, 0) is 0 Å². The van der Waals surface area contributed by atoms with Gasteiger partial charge < -0.3 is 14.5 Å². The van der Waals surface area contributed by atoms with Gasteiger partial charge in [0.25, 0.3) is 5.91 Å². The number of benzene rings is 2. The Morgan fingerprint density at radius 3 is 2.74 bits per heavy atom. The Morgan fingerprint density at radius 2 is 1.93 bits per heavy atom. The van der Waals surface area contributed by atoms with E-state index in [1.807, 2.05) is 59.3 Å². The van der Waals surface area contributed by atoms with E-state index in [0.717, 1.165) is 16.9 Å². The number of para-hydroxylation sites is 1. The lowest BCUT2D eigenvalue weighted by Gasteiger charge is -2.11. The Balaban J connectivity index is 1.70. The molecule has 0 radical (unpaired) electrons. The smallest absolute Gasteiger partial charge is 0.256 e. The largest absolute Gasteiger partial charge is 0.497 e. The number of anilines is 1. The zero-order valence-electron chi connectivity index (χ0n) is 14.5. The third kappa shape index (κ3) is 3.44. The molecule has 0 saturated heterocycles. The van der Waals surface area contributed by atoms with Gasteiger partial charge in [-0.1, -0.05) is 24.3 Å². The van der Waals surface area contributed by atoms with Crippen molar-refractivity contribution in [1.82, 2.24) is 9.38 Å². The molecule has 4 rings (SSSR count). The minimum Gasteiger partial charge on any atom is -0.497 e. The molecule has 0 aliphatic rings. The molecule has 0 atom stereocenters. The highest BCUT2D eigenvalue weighted by Gasteiger charge is 2.15. The van der Waals surface area contributed by atoms with Crippen molar-refractivity contribution in [3.63, 3.8) is 0 Å². The molecule has 0 aliphatic heterocycles. The van der Waals surface area contributed by atoms with Gasteiger partial charge in [0.2, 0.25) is 0 Å². The van der Waals surface area contributed by atoms with Crippen LogP contribution in [0, 0.1) is 0 Å². The number of fused-ring (bicyclic) bond motifs is 1. The van der Waals surface area contributed by atoms with Gasteiger partial charge in [-0.25, -0.2) is 4.98 Å². The number of nitrogens with zero attached hydrogens (tertiary/aromatic N) is 2. The molecule has 2 aromatic heterocycles. The lowest BCUT2D eigenvalue weighted by molar-refractivity contribution is 0.102. The summed E-state index contributed by atoms with van der Waals surface area (Å²) in [5.41, 5.74) is 3.69. The van der Waals surface area contributed by atoms with Gasteiger partial charge in [0.1, 0.15) is 11.4 Å². The van der Waals surface area contributed by atoms with E-state index in [1.54, 1.807) is 25.3 Å². The summed E-state index contributed by atoms with van der Waals surface area (Å²) >= 11 is 3.43. The molecule has 5 nitrogen and oxygen atoms in total. The van der Waals surface area contributed by atoms with Crippen LogP contribution in [0.15, 0.2) is 77.5 Å². The second-order valence-electron chi connectivity index (χ2n) is 5.94. The van der Waals surface area contributed by atoms with Crippen molar-refractivity contribution in [3.05, 3.63) is 83.1 Å². The molecule has 0 unspecified atom stereocenters. The molecule has 0 aliphatic carbocycles.